The molecular weight excluding hydrogens is 450 g/mol. The molecule has 0 unspecified atom stereocenters. The molecule has 0 radical (unpaired) electrons. The Hall–Kier alpha value is -3.43. The molecule has 1 heterocycles. The number of oxime groups is 1. The molecule has 10 heteroatoms. The van der Waals surface area contributed by atoms with Gasteiger partial charge in [0.2, 0.25) is 0 Å². The molecule has 1 aliphatic rings. The quantitative estimate of drug-likeness (QED) is 0.211. The molecule has 0 spiro atoms. The van der Waals surface area contributed by atoms with Crippen molar-refractivity contribution in [3.63, 3.8) is 0 Å². The van der Waals surface area contributed by atoms with Crippen molar-refractivity contribution in [1.29, 1.82) is 0 Å². The topological polar surface area (TPSA) is 109 Å². The van der Waals surface area contributed by atoms with Crippen molar-refractivity contribution in [3.8, 4) is 0 Å². The van der Waals surface area contributed by atoms with Crippen molar-refractivity contribution >= 4 is 34.7 Å². The molecule has 0 saturated carbocycles. The highest BCUT2D eigenvalue weighted by atomic mass is 35.5. The lowest BCUT2D eigenvalue weighted by molar-refractivity contribution is -0.167. The molecule has 2 amide bonds. The first-order chi connectivity index (χ1) is 15.9. The Balaban J connectivity index is 1.65. The number of amides is 2. The van der Waals surface area contributed by atoms with Gasteiger partial charge >= 0.3 is 17.4 Å². The molecule has 3 rings (SSSR count). The standard InChI is InChI=1S/C23H24ClN3O6/c1-16(18-10-6-3-7-11-18)25-33-21(28)20-13-12-19(14-26(20)23(30)31)27(22(24)29)32-15-17-8-4-2-5-9-17/h2-11,19-20H,12-15H2,1H3,(H,30,31)/t19-,20+/m1/s1. The molecule has 1 fully saturated rings. The minimum absolute atomic E-state index is 0.0851. The third-order valence-corrected chi connectivity index (χ3v) is 5.42. The van der Waals surface area contributed by atoms with Crippen LogP contribution in [0.15, 0.2) is 65.8 Å². The van der Waals surface area contributed by atoms with Crippen LogP contribution >= 0.6 is 11.6 Å². The molecule has 1 saturated heterocycles. The lowest BCUT2D eigenvalue weighted by Crippen LogP contribution is -2.56. The van der Waals surface area contributed by atoms with Gasteiger partial charge in [0, 0.05) is 6.54 Å². The maximum absolute atomic E-state index is 12.6. The fourth-order valence-electron chi connectivity index (χ4n) is 3.52. The van der Waals surface area contributed by atoms with E-state index in [-0.39, 0.29) is 26.0 Å². The zero-order valence-corrected chi connectivity index (χ0v) is 18.7. The normalized spacial score (nSPS) is 18.5. The molecular formula is C23H24ClN3O6. The summed E-state index contributed by atoms with van der Waals surface area (Å²) >= 11 is 5.70. The van der Waals surface area contributed by atoms with Crippen molar-refractivity contribution in [3.05, 3.63) is 71.8 Å². The third kappa shape index (κ3) is 6.53. The summed E-state index contributed by atoms with van der Waals surface area (Å²) in [4.78, 5) is 47.9. The van der Waals surface area contributed by atoms with E-state index >= 15 is 0 Å². The van der Waals surface area contributed by atoms with Gasteiger partial charge in [0.15, 0.2) is 0 Å². The largest absolute Gasteiger partial charge is 0.465 e. The number of carbonyl (C=O) groups is 3. The maximum atomic E-state index is 12.6. The van der Waals surface area contributed by atoms with E-state index in [9.17, 15) is 19.5 Å². The fourth-order valence-corrected chi connectivity index (χ4v) is 3.71. The molecule has 2 aromatic rings. The summed E-state index contributed by atoms with van der Waals surface area (Å²) in [6.07, 6.45) is -0.918. The minimum Gasteiger partial charge on any atom is -0.465 e. The van der Waals surface area contributed by atoms with Gasteiger partial charge in [0.25, 0.3) is 0 Å². The molecule has 9 nitrogen and oxygen atoms in total. The number of hydrogen-bond acceptors (Lipinski definition) is 6. The summed E-state index contributed by atoms with van der Waals surface area (Å²) in [5, 5.41) is 13.6. The maximum Gasteiger partial charge on any atom is 0.408 e. The average Bonchev–Trinajstić information content (AvgIpc) is 2.83. The van der Waals surface area contributed by atoms with Gasteiger partial charge in [-0.05, 0) is 42.5 Å². The molecule has 33 heavy (non-hydrogen) atoms. The van der Waals surface area contributed by atoms with Crippen molar-refractivity contribution < 1.29 is 29.2 Å². The Morgan fingerprint density at radius 2 is 1.73 bits per heavy atom. The molecule has 2 aromatic carbocycles. The van der Waals surface area contributed by atoms with Crippen LogP contribution in [-0.4, -0.2) is 56.8 Å². The number of carboxylic acid groups (broad SMARTS) is 1. The highest BCUT2D eigenvalue weighted by Crippen LogP contribution is 2.24. The van der Waals surface area contributed by atoms with Crippen LogP contribution in [0.25, 0.3) is 0 Å². The first kappa shape index (κ1) is 24.2. The van der Waals surface area contributed by atoms with Crippen LogP contribution in [0.1, 0.15) is 30.9 Å². The van der Waals surface area contributed by atoms with Gasteiger partial charge in [-0.15, -0.1) is 0 Å². The first-order valence-electron chi connectivity index (χ1n) is 10.3. The van der Waals surface area contributed by atoms with Gasteiger partial charge in [0.05, 0.1) is 11.8 Å². The molecule has 1 N–H and O–H groups in total. The van der Waals surface area contributed by atoms with E-state index in [4.69, 9.17) is 21.3 Å². The third-order valence-electron chi connectivity index (χ3n) is 5.26. The number of halogens is 1. The number of carbonyl (C=O) groups excluding carboxylic acids is 2. The summed E-state index contributed by atoms with van der Waals surface area (Å²) in [7, 11) is 0. The van der Waals surface area contributed by atoms with E-state index in [0.717, 1.165) is 21.1 Å². The highest BCUT2D eigenvalue weighted by Gasteiger charge is 2.40. The minimum atomic E-state index is -1.32. The van der Waals surface area contributed by atoms with Crippen LogP contribution in [0.4, 0.5) is 9.59 Å². The van der Waals surface area contributed by atoms with Gasteiger partial charge in [-0.3, -0.25) is 14.5 Å². The van der Waals surface area contributed by atoms with Crippen molar-refractivity contribution in [2.45, 2.75) is 38.5 Å². The molecule has 2 atom stereocenters. The highest BCUT2D eigenvalue weighted by molar-refractivity contribution is 6.62. The Morgan fingerprint density at radius 1 is 1.09 bits per heavy atom. The van der Waals surface area contributed by atoms with Gasteiger partial charge in [0.1, 0.15) is 12.6 Å². The Kier molecular flexibility index (Phi) is 8.39. The number of piperidine rings is 1. The Morgan fingerprint density at radius 3 is 2.33 bits per heavy atom. The predicted molar refractivity (Wildman–Crippen MR) is 121 cm³/mol. The Bertz CT molecular complexity index is 1000. The summed E-state index contributed by atoms with van der Waals surface area (Å²) in [6, 6.07) is 16.6. The number of hydrogen-bond donors (Lipinski definition) is 1. The van der Waals surface area contributed by atoms with Crippen LogP contribution in [0.2, 0.25) is 0 Å². The van der Waals surface area contributed by atoms with Gasteiger partial charge in [-0.25, -0.2) is 14.7 Å². The predicted octanol–water partition coefficient (Wildman–Crippen LogP) is 4.26. The van der Waals surface area contributed by atoms with Gasteiger partial charge in [-0.1, -0.05) is 65.8 Å². The molecule has 0 aromatic heterocycles. The summed E-state index contributed by atoms with van der Waals surface area (Å²) in [5.74, 6) is -0.792. The monoisotopic (exact) mass is 473 g/mol. The van der Waals surface area contributed by atoms with Crippen LogP contribution < -0.4 is 0 Å². The van der Waals surface area contributed by atoms with E-state index in [1.807, 2.05) is 60.7 Å². The van der Waals surface area contributed by atoms with E-state index in [1.165, 1.54) is 0 Å². The summed E-state index contributed by atoms with van der Waals surface area (Å²) in [5.41, 5.74) is 2.07. The smallest absolute Gasteiger partial charge is 0.408 e. The number of nitrogens with zero attached hydrogens (tertiary/aromatic N) is 3. The van der Waals surface area contributed by atoms with Crippen LogP contribution in [0, 0.1) is 0 Å². The molecule has 0 aliphatic carbocycles. The average molecular weight is 474 g/mol. The molecule has 0 bridgehead atoms. The SMILES string of the molecule is CC(=NOC(=O)[C@@H]1CC[C@@H](N(OCc2ccccc2)C(=O)Cl)CN1C(=O)O)c1ccccc1. The van der Waals surface area contributed by atoms with Crippen LogP contribution in [0.3, 0.4) is 0 Å². The van der Waals surface area contributed by atoms with Crippen LogP contribution in [0.5, 0.6) is 0 Å². The number of rotatable bonds is 7. The second-order valence-electron chi connectivity index (χ2n) is 7.47. The van der Waals surface area contributed by atoms with E-state index in [2.05, 4.69) is 5.16 Å². The van der Waals surface area contributed by atoms with Crippen molar-refractivity contribution in [1.82, 2.24) is 9.96 Å². The van der Waals surface area contributed by atoms with Crippen molar-refractivity contribution in [2.75, 3.05) is 6.54 Å². The molecule has 174 valence electrons. The number of hydroxylamine groups is 2. The number of likely N-dealkylation sites (tertiary alicyclic amines) is 1. The van der Waals surface area contributed by atoms with E-state index in [0.29, 0.717) is 5.71 Å². The number of benzene rings is 2. The van der Waals surface area contributed by atoms with Crippen molar-refractivity contribution in [2.24, 2.45) is 5.16 Å². The first-order valence-corrected chi connectivity index (χ1v) is 10.7. The summed E-state index contributed by atoms with van der Waals surface area (Å²) in [6.45, 7) is 1.61. The second-order valence-corrected chi connectivity index (χ2v) is 7.80. The fraction of sp³-hybridized carbons (Fsp3) is 0.304. The summed E-state index contributed by atoms with van der Waals surface area (Å²) < 4.78 is 0. The zero-order valence-electron chi connectivity index (χ0n) is 18.0. The van der Waals surface area contributed by atoms with E-state index in [1.54, 1.807) is 6.92 Å². The van der Waals surface area contributed by atoms with Gasteiger partial charge in [-0.2, -0.15) is 0 Å². The lowest BCUT2D eigenvalue weighted by Gasteiger charge is -2.39. The van der Waals surface area contributed by atoms with E-state index < -0.39 is 29.5 Å². The Labute approximate surface area is 196 Å². The molecule has 1 aliphatic heterocycles. The second kappa shape index (κ2) is 11.4. The zero-order chi connectivity index (χ0) is 23.8. The van der Waals surface area contributed by atoms with Gasteiger partial charge < -0.3 is 9.94 Å². The van der Waals surface area contributed by atoms with Crippen LogP contribution in [-0.2, 0) is 21.1 Å². The lowest BCUT2D eigenvalue weighted by atomic mass is 9.98.